The molecular formula is C17H20FN3O2. The number of piperidine rings is 1. The van der Waals surface area contributed by atoms with Gasteiger partial charge in [-0.15, -0.1) is 0 Å². The van der Waals surface area contributed by atoms with Gasteiger partial charge in [-0.1, -0.05) is 12.1 Å². The second-order valence-corrected chi connectivity index (χ2v) is 6.11. The summed E-state index contributed by atoms with van der Waals surface area (Å²) >= 11 is 0. The molecule has 6 heteroatoms. The minimum Gasteiger partial charge on any atom is -0.342 e. The van der Waals surface area contributed by atoms with E-state index in [1.807, 2.05) is 4.90 Å². The number of hydrogen-bond donors (Lipinski definition) is 0. The molecule has 0 bridgehead atoms. The number of likely N-dealkylation sites (tertiary alicyclic amines) is 1. The molecule has 5 nitrogen and oxygen atoms in total. The second kappa shape index (κ2) is 6.89. The molecule has 23 heavy (non-hydrogen) atoms. The highest BCUT2D eigenvalue weighted by Crippen LogP contribution is 2.18. The second-order valence-electron chi connectivity index (χ2n) is 6.11. The van der Waals surface area contributed by atoms with E-state index >= 15 is 0 Å². The molecule has 1 aromatic carbocycles. The van der Waals surface area contributed by atoms with Crippen molar-refractivity contribution in [1.82, 2.24) is 15.0 Å². The van der Waals surface area contributed by atoms with Crippen molar-refractivity contribution in [1.29, 1.82) is 0 Å². The molecule has 0 saturated carbocycles. The summed E-state index contributed by atoms with van der Waals surface area (Å²) in [5.74, 6) is 1.25. The molecule has 1 saturated heterocycles. The Morgan fingerprint density at radius 3 is 2.91 bits per heavy atom. The van der Waals surface area contributed by atoms with Crippen LogP contribution in [0.2, 0.25) is 0 Å². The van der Waals surface area contributed by atoms with Gasteiger partial charge >= 0.3 is 0 Å². The molecular weight excluding hydrogens is 297 g/mol. The lowest BCUT2D eigenvalue weighted by molar-refractivity contribution is -0.132. The van der Waals surface area contributed by atoms with Crippen molar-refractivity contribution in [3.63, 3.8) is 0 Å². The molecule has 1 fully saturated rings. The fourth-order valence-electron chi connectivity index (χ4n) is 2.86. The number of aromatic nitrogens is 2. The average Bonchev–Trinajstić information content (AvgIpc) is 3.02. The summed E-state index contributed by atoms with van der Waals surface area (Å²) < 4.78 is 18.1. The Balaban J connectivity index is 1.56. The Hall–Kier alpha value is -2.24. The van der Waals surface area contributed by atoms with Crippen molar-refractivity contribution in [3.8, 4) is 11.4 Å². The van der Waals surface area contributed by atoms with E-state index in [0.717, 1.165) is 19.5 Å². The van der Waals surface area contributed by atoms with Gasteiger partial charge in [0.2, 0.25) is 17.6 Å². The number of carbonyl (C=O) groups excluding carboxylic acids is 1. The lowest BCUT2D eigenvalue weighted by Gasteiger charge is -2.30. The van der Waals surface area contributed by atoms with Gasteiger partial charge in [0.15, 0.2) is 0 Å². The highest BCUT2D eigenvalue weighted by molar-refractivity contribution is 5.76. The third kappa shape index (κ3) is 3.94. The summed E-state index contributed by atoms with van der Waals surface area (Å²) in [6.07, 6.45) is 3.06. The largest absolute Gasteiger partial charge is 0.342 e. The van der Waals surface area contributed by atoms with Crippen LogP contribution in [0.25, 0.3) is 11.4 Å². The quantitative estimate of drug-likeness (QED) is 0.869. The fraction of sp³-hybridized carbons (Fsp3) is 0.471. The molecule has 0 spiro atoms. The smallest absolute Gasteiger partial charge is 0.227 e. The zero-order valence-electron chi connectivity index (χ0n) is 13.2. The van der Waals surface area contributed by atoms with E-state index in [2.05, 4.69) is 17.1 Å². The molecule has 1 atom stereocenters. The van der Waals surface area contributed by atoms with E-state index in [1.54, 1.807) is 12.1 Å². The Kier molecular flexibility index (Phi) is 4.69. The van der Waals surface area contributed by atoms with E-state index < -0.39 is 0 Å². The maximum atomic E-state index is 12.9. The zero-order chi connectivity index (χ0) is 16.2. The van der Waals surface area contributed by atoms with Crippen molar-refractivity contribution in [2.24, 2.45) is 5.92 Å². The summed E-state index contributed by atoms with van der Waals surface area (Å²) in [6.45, 7) is 3.85. The minimum absolute atomic E-state index is 0.137. The number of halogens is 1. The molecule has 0 N–H and O–H groups in total. The van der Waals surface area contributed by atoms with Crippen molar-refractivity contribution < 1.29 is 13.7 Å². The predicted molar refractivity (Wildman–Crippen MR) is 83.0 cm³/mol. The number of amides is 1. The highest BCUT2D eigenvalue weighted by Gasteiger charge is 2.21. The third-order valence-electron chi connectivity index (χ3n) is 4.13. The maximum absolute atomic E-state index is 12.9. The molecule has 122 valence electrons. The average molecular weight is 317 g/mol. The number of carbonyl (C=O) groups is 1. The van der Waals surface area contributed by atoms with Gasteiger partial charge in [0.1, 0.15) is 5.82 Å². The van der Waals surface area contributed by atoms with Crippen LogP contribution in [0, 0.1) is 11.7 Å². The van der Waals surface area contributed by atoms with E-state index in [1.165, 1.54) is 18.6 Å². The summed E-state index contributed by atoms with van der Waals surface area (Å²) in [4.78, 5) is 18.4. The van der Waals surface area contributed by atoms with Gasteiger partial charge < -0.3 is 9.42 Å². The van der Waals surface area contributed by atoms with Gasteiger partial charge in [0, 0.05) is 31.5 Å². The molecule has 0 radical (unpaired) electrons. The summed E-state index contributed by atoms with van der Waals surface area (Å²) in [6, 6.07) is 5.91. The van der Waals surface area contributed by atoms with Crippen LogP contribution in [-0.4, -0.2) is 34.0 Å². The molecule has 1 aliphatic rings. The minimum atomic E-state index is -0.307. The van der Waals surface area contributed by atoms with Crippen molar-refractivity contribution in [2.75, 3.05) is 13.1 Å². The molecule has 0 aliphatic carbocycles. The van der Waals surface area contributed by atoms with Crippen LogP contribution in [0.5, 0.6) is 0 Å². The van der Waals surface area contributed by atoms with Gasteiger partial charge in [0.05, 0.1) is 0 Å². The van der Waals surface area contributed by atoms with Crippen molar-refractivity contribution in [3.05, 3.63) is 36.0 Å². The standard InChI is InChI=1S/C17H20FN3O2/c1-12-3-2-10-21(11-12)16(22)9-8-15-19-17(20-23-15)13-4-6-14(18)7-5-13/h4-7,12H,2-3,8-11H2,1H3. The first-order chi connectivity index (χ1) is 11.1. The Morgan fingerprint density at radius 1 is 1.39 bits per heavy atom. The lowest BCUT2D eigenvalue weighted by atomic mass is 10.00. The molecule has 2 aromatic rings. The lowest BCUT2D eigenvalue weighted by Crippen LogP contribution is -2.39. The Morgan fingerprint density at radius 2 is 2.17 bits per heavy atom. The van der Waals surface area contributed by atoms with E-state index in [-0.39, 0.29) is 11.7 Å². The highest BCUT2D eigenvalue weighted by atomic mass is 19.1. The third-order valence-corrected chi connectivity index (χ3v) is 4.13. The Labute approximate surface area is 134 Å². The predicted octanol–water partition coefficient (Wildman–Crippen LogP) is 3.07. The fourth-order valence-corrected chi connectivity index (χ4v) is 2.86. The molecule has 1 aliphatic heterocycles. The van der Waals surface area contributed by atoms with Crippen LogP contribution >= 0.6 is 0 Å². The molecule has 3 rings (SSSR count). The van der Waals surface area contributed by atoms with E-state index in [0.29, 0.717) is 36.0 Å². The SMILES string of the molecule is CC1CCCN(C(=O)CCc2nc(-c3ccc(F)cc3)no2)C1. The zero-order valence-corrected chi connectivity index (χ0v) is 13.2. The first kappa shape index (κ1) is 15.6. The number of nitrogens with zero attached hydrogens (tertiary/aromatic N) is 3. The number of benzene rings is 1. The number of aryl methyl sites for hydroxylation is 1. The van der Waals surface area contributed by atoms with Crippen LogP contribution in [0.15, 0.2) is 28.8 Å². The Bertz CT molecular complexity index is 669. The van der Waals surface area contributed by atoms with Gasteiger partial charge in [-0.25, -0.2) is 4.39 Å². The van der Waals surface area contributed by atoms with Crippen molar-refractivity contribution >= 4 is 5.91 Å². The summed E-state index contributed by atoms with van der Waals surface area (Å²) in [5, 5.41) is 3.89. The van der Waals surface area contributed by atoms with Gasteiger partial charge in [-0.2, -0.15) is 4.98 Å². The molecule has 2 heterocycles. The first-order valence-electron chi connectivity index (χ1n) is 7.98. The van der Waals surface area contributed by atoms with E-state index in [9.17, 15) is 9.18 Å². The van der Waals surface area contributed by atoms with Crippen LogP contribution in [0.4, 0.5) is 4.39 Å². The number of rotatable bonds is 4. The van der Waals surface area contributed by atoms with E-state index in [4.69, 9.17) is 4.52 Å². The molecule has 1 amide bonds. The first-order valence-corrected chi connectivity index (χ1v) is 7.98. The van der Waals surface area contributed by atoms with Crippen LogP contribution in [0.3, 0.4) is 0 Å². The number of hydrogen-bond acceptors (Lipinski definition) is 4. The summed E-state index contributed by atoms with van der Waals surface area (Å²) in [7, 11) is 0. The monoisotopic (exact) mass is 317 g/mol. The summed E-state index contributed by atoms with van der Waals surface area (Å²) in [5.41, 5.74) is 0.692. The topological polar surface area (TPSA) is 59.2 Å². The van der Waals surface area contributed by atoms with Crippen LogP contribution in [-0.2, 0) is 11.2 Å². The van der Waals surface area contributed by atoms with Crippen LogP contribution < -0.4 is 0 Å². The molecule has 1 unspecified atom stereocenters. The maximum Gasteiger partial charge on any atom is 0.227 e. The van der Waals surface area contributed by atoms with Gasteiger partial charge in [-0.3, -0.25) is 4.79 Å². The van der Waals surface area contributed by atoms with Crippen molar-refractivity contribution in [2.45, 2.75) is 32.6 Å². The molecule has 1 aromatic heterocycles. The van der Waals surface area contributed by atoms with Crippen LogP contribution in [0.1, 0.15) is 32.1 Å². The van der Waals surface area contributed by atoms with Gasteiger partial charge in [0.25, 0.3) is 0 Å². The van der Waals surface area contributed by atoms with Gasteiger partial charge in [-0.05, 0) is 43.0 Å². The normalized spacial score (nSPS) is 18.2.